The number of benzene rings is 1. The monoisotopic (exact) mass is 335 g/mol. The van der Waals surface area contributed by atoms with Crippen LogP contribution < -0.4 is 5.32 Å². The second-order valence-corrected chi connectivity index (χ2v) is 6.33. The van der Waals surface area contributed by atoms with Crippen LogP contribution in [0.4, 0.5) is 0 Å². The van der Waals surface area contributed by atoms with Crippen LogP contribution >= 0.6 is 35.0 Å². The fourth-order valence-corrected chi connectivity index (χ4v) is 3.07. The molecule has 2 N–H and O–H groups in total. The Balaban J connectivity index is 2.60. The molecule has 0 spiro atoms. The van der Waals surface area contributed by atoms with Gasteiger partial charge in [0, 0.05) is 21.8 Å². The first-order chi connectivity index (χ1) is 9.46. The molecule has 0 fully saturated rings. The third-order valence-corrected chi connectivity index (χ3v) is 4.05. The van der Waals surface area contributed by atoms with Gasteiger partial charge >= 0.3 is 0 Å². The Bertz CT molecular complexity index is 437. The van der Waals surface area contributed by atoms with Crippen LogP contribution in [0.25, 0.3) is 0 Å². The maximum absolute atomic E-state index is 11.9. The summed E-state index contributed by atoms with van der Waals surface area (Å²) in [5, 5.41) is 13.9. The van der Waals surface area contributed by atoms with Crippen LogP contribution in [0.3, 0.4) is 0 Å². The predicted octanol–water partition coefficient (Wildman–Crippen LogP) is 3.67. The normalized spacial score (nSPS) is 13.8. The van der Waals surface area contributed by atoms with E-state index in [0.717, 1.165) is 12.2 Å². The van der Waals surface area contributed by atoms with Crippen molar-refractivity contribution in [1.29, 1.82) is 0 Å². The fourth-order valence-electron chi connectivity index (χ4n) is 1.81. The largest absolute Gasteiger partial charge is 0.388 e. The van der Waals surface area contributed by atoms with Crippen LogP contribution in [-0.4, -0.2) is 29.1 Å². The molecule has 1 amide bonds. The van der Waals surface area contributed by atoms with E-state index >= 15 is 0 Å². The van der Waals surface area contributed by atoms with E-state index in [1.165, 1.54) is 0 Å². The third kappa shape index (κ3) is 5.92. The average Bonchev–Trinajstić information content (AvgIpc) is 2.36. The van der Waals surface area contributed by atoms with Gasteiger partial charge < -0.3 is 10.4 Å². The molecule has 0 bridgehead atoms. The van der Waals surface area contributed by atoms with Crippen LogP contribution in [-0.2, 0) is 4.79 Å². The Labute approximate surface area is 134 Å². The number of amides is 1. The topological polar surface area (TPSA) is 49.3 Å². The van der Waals surface area contributed by atoms with Crippen molar-refractivity contribution in [3.63, 3.8) is 0 Å². The molecule has 0 aliphatic carbocycles. The highest BCUT2D eigenvalue weighted by Crippen LogP contribution is 2.25. The van der Waals surface area contributed by atoms with Crippen LogP contribution in [0, 0.1) is 0 Å². The zero-order chi connectivity index (χ0) is 15.1. The van der Waals surface area contributed by atoms with Crippen LogP contribution in [0.2, 0.25) is 10.0 Å². The minimum atomic E-state index is -0.905. The first-order valence-electron chi connectivity index (χ1n) is 6.38. The highest BCUT2D eigenvalue weighted by Gasteiger charge is 2.16. The maximum atomic E-state index is 11.9. The number of aliphatic hydroxyl groups excluding tert-OH is 1. The second-order valence-electron chi connectivity index (χ2n) is 4.55. The van der Waals surface area contributed by atoms with E-state index in [1.54, 1.807) is 30.0 Å². The van der Waals surface area contributed by atoms with Gasteiger partial charge in [-0.1, -0.05) is 30.1 Å². The molecule has 112 valence electrons. The summed E-state index contributed by atoms with van der Waals surface area (Å²) in [5.74, 6) is 0.691. The fraction of sp³-hybridized carbons (Fsp3) is 0.500. The maximum Gasteiger partial charge on any atom is 0.223 e. The van der Waals surface area contributed by atoms with Crippen molar-refractivity contribution in [3.8, 4) is 0 Å². The van der Waals surface area contributed by atoms with Crippen molar-refractivity contribution in [2.24, 2.45) is 0 Å². The SMILES string of the molecule is CCC(CSC)NC(=O)CC(O)c1cc(Cl)cc(Cl)c1. The number of carbonyl (C=O) groups excluding carboxylic acids is 1. The Morgan fingerprint density at radius 1 is 1.35 bits per heavy atom. The molecule has 6 heteroatoms. The van der Waals surface area contributed by atoms with Crippen LogP contribution in [0.1, 0.15) is 31.4 Å². The molecular weight excluding hydrogens is 317 g/mol. The highest BCUT2D eigenvalue weighted by molar-refractivity contribution is 7.98. The molecule has 0 saturated heterocycles. The minimum Gasteiger partial charge on any atom is -0.388 e. The summed E-state index contributed by atoms with van der Waals surface area (Å²) in [6.07, 6.45) is 1.96. The second kappa shape index (κ2) is 8.78. The molecular formula is C14H19Cl2NO2S. The molecule has 2 atom stereocenters. The zero-order valence-corrected chi connectivity index (χ0v) is 13.9. The number of hydrogen-bond acceptors (Lipinski definition) is 3. The lowest BCUT2D eigenvalue weighted by Gasteiger charge is -2.17. The summed E-state index contributed by atoms with van der Waals surface area (Å²) in [5.41, 5.74) is 0.551. The van der Waals surface area contributed by atoms with Gasteiger partial charge in [0.15, 0.2) is 0 Å². The molecule has 0 saturated carbocycles. The molecule has 1 aromatic carbocycles. The summed E-state index contributed by atoms with van der Waals surface area (Å²) in [4.78, 5) is 11.9. The number of nitrogens with one attached hydrogen (secondary N) is 1. The molecule has 0 aromatic heterocycles. The van der Waals surface area contributed by atoms with Gasteiger partial charge in [0.1, 0.15) is 0 Å². The number of rotatable bonds is 7. The van der Waals surface area contributed by atoms with Crippen molar-refractivity contribution in [3.05, 3.63) is 33.8 Å². The molecule has 0 aliphatic rings. The molecule has 20 heavy (non-hydrogen) atoms. The predicted molar refractivity (Wildman–Crippen MR) is 86.6 cm³/mol. The Kier molecular flexibility index (Phi) is 7.74. The van der Waals surface area contributed by atoms with Gasteiger partial charge in [0.25, 0.3) is 0 Å². The van der Waals surface area contributed by atoms with Crippen molar-refractivity contribution >= 4 is 40.9 Å². The summed E-state index contributed by atoms with van der Waals surface area (Å²) < 4.78 is 0. The lowest BCUT2D eigenvalue weighted by atomic mass is 10.1. The lowest BCUT2D eigenvalue weighted by Crippen LogP contribution is -2.36. The van der Waals surface area contributed by atoms with E-state index in [1.807, 2.05) is 13.2 Å². The molecule has 3 nitrogen and oxygen atoms in total. The molecule has 0 aliphatic heterocycles. The highest BCUT2D eigenvalue weighted by atomic mass is 35.5. The van der Waals surface area contributed by atoms with E-state index in [4.69, 9.17) is 23.2 Å². The van der Waals surface area contributed by atoms with Crippen LogP contribution in [0.5, 0.6) is 0 Å². The van der Waals surface area contributed by atoms with Gasteiger partial charge in [-0.25, -0.2) is 0 Å². The summed E-state index contributed by atoms with van der Waals surface area (Å²) in [6.45, 7) is 2.02. The number of thioether (sulfide) groups is 1. The minimum absolute atomic E-state index is 0.00154. The van der Waals surface area contributed by atoms with Gasteiger partial charge in [0.2, 0.25) is 5.91 Å². The summed E-state index contributed by atoms with van der Waals surface area (Å²) in [6, 6.07) is 4.95. The average molecular weight is 336 g/mol. The van der Waals surface area contributed by atoms with Gasteiger partial charge in [0.05, 0.1) is 12.5 Å². The van der Waals surface area contributed by atoms with Gasteiger partial charge in [-0.3, -0.25) is 4.79 Å². The molecule has 0 radical (unpaired) electrons. The first kappa shape index (κ1) is 17.6. The van der Waals surface area contributed by atoms with E-state index in [-0.39, 0.29) is 18.4 Å². The third-order valence-electron chi connectivity index (χ3n) is 2.87. The Hall–Kier alpha value is -0.420. The smallest absolute Gasteiger partial charge is 0.223 e. The van der Waals surface area contributed by atoms with E-state index in [0.29, 0.717) is 15.6 Å². The molecule has 0 heterocycles. The number of aliphatic hydroxyl groups is 1. The summed E-state index contributed by atoms with van der Waals surface area (Å²) in [7, 11) is 0. The Morgan fingerprint density at radius 2 is 1.95 bits per heavy atom. The van der Waals surface area contributed by atoms with Crippen molar-refractivity contribution in [1.82, 2.24) is 5.32 Å². The lowest BCUT2D eigenvalue weighted by molar-refractivity contribution is -0.123. The molecule has 2 unspecified atom stereocenters. The standard InChI is InChI=1S/C14H19Cl2NO2S/c1-3-12(8-20-2)17-14(19)7-13(18)9-4-10(15)6-11(16)5-9/h4-6,12-13,18H,3,7-8H2,1-2H3,(H,17,19). The van der Waals surface area contributed by atoms with Gasteiger partial charge in [-0.2, -0.15) is 11.8 Å². The van der Waals surface area contributed by atoms with Crippen molar-refractivity contribution < 1.29 is 9.90 Å². The molecule has 1 rings (SSSR count). The molecule has 1 aromatic rings. The number of carbonyl (C=O) groups is 1. The summed E-state index contributed by atoms with van der Waals surface area (Å²) >= 11 is 13.4. The van der Waals surface area contributed by atoms with Crippen molar-refractivity contribution in [2.45, 2.75) is 31.9 Å². The first-order valence-corrected chi connectivity index (χ1v) is 8.53. The van der Waals surface area contributed by atoms with E-state index < -0.39 is 6.10 Å². The van der Waals surface area contributed by atoms with Crippen LogP contribution in [0.15, 0.2) is 18.2 Å². The van der Waals surface area contributed by atoms with Gasteiger partial charge in [-0.05, 0) is 36.4 Å². The van der Waals surface area contributed by atoms with E-state index in [2.05, 4.69) is 5.32 Å². The van der Waals surface area contributed by atoms with E-state index in [9.17, 15) is 9.90 Å². The number of hydrogen-bond donors (Lipinski definition) is 2. The quantitative estimate of drug-likeness (QED) is 0.799. The zero-order valence-electron chi connectivity index (χ0n) is 11.5. The van der Waals surface area contributed by atoms with Gasteiger partial charge in [-0.15, -0.1) is 0 Å². The van der Waals surface area contributed by atoms with Crippen molar-refractivity contribution in [2.75, 3.05) is 12.0 Å². The Morgan fingerprint density at radius 3 is 2.45 bits per heavy atom. The number of halogens is 2.